The third-order valence-electron chi connectivity index (χ3n) is 8.00. The number of carboxylic acid groups (broad SMARTS) is 1. The number of carboxylic acids is 1. The maximum Gasteiger partial charge on any atom is 0.335 e. The third-order valence-corrected chi connectivity index (χ3v) is 8.58. The van der Waals surface area contributed by atoms with Crippen LogP contribution >= 0.6 is 23.2 Å². The molecule has 1 aliphatic heterocycles. The van der Waals surface area contributed by atoms with Gasteiger partial charge in [0.05, 0.1) is 41.5 Å². The lowest BCUT2D eigenvalue weighted by Gasteiger charge is -2.28. The number of ether oxygens (including phenoxy) is 2. The van der Waals surface area contributed by atoms with Gasteiger partial charge in [0, 0.05) is 39.2 Å². The number of hydrogen-bond acceptors (Lipinski definition) is 6. The summed E-state index contributed by atoms with van der Waals surface area (Å²) in [5.74, 6) is -0.688. The summed E-state index contributed by atoms with van der Waals surface area (Å²) in [6, 6.07) is 15.1. The summed E-state index contributed by atoms with van der Waals surface area (Å²) in [4.78, 5) is 25.4. The van der Waals surface area contributed by atoms with Crippen molar-refractivity contribution in [2.24, 2.45) is 5.41 Å². The standard InChI is InChI=1S/C33H29Cl2FN4O4/c1-18-10-21(12-30-38-27-7-5-19(31(41)42)11-28(27)40(30)29-16-43-17-33(29,2)3)24(35)14-23(18)26-8-9-37-32(39-26)44-15-20-4-6-22(34)13-25(20)36/h4-11,13-14,29H,12,15-17H2,1-3H3,(H,41,42). The molecule has 0 aliphatic carbocycles. The minimum Gasteiger partial charge on any atom is -0.478 e. The van der Waals surface area contributed by atoms with E-state index in [1.54, 1.807) is 42.6 Å². The van der Waals surface area contributed by atoms with Gasteiger partial charge in [-0.3, -0.25) is 0 Å². The van der Waals surface area contributed by atoms with Gasteiger partial charge < -0.3 is 19.1 Å². The Labute approximate surface area is 263 Å². The highest BCUT2D eigenvalue weighted by atomic mass is 35.5. The van der Waals surface area contributed by atoms with Crippen molar-refractivity contribution in [2.75, 3.05) is 13.2 Å². The van der Waals surface area contributed by atoms with Crippen molar-refractivity contribution in [3.8, 4) is 17.3 Å². The summed E-state index contributed by atoms with van der Waals surface area (Å²) in [5.41, 5.74) is 5.02. The average molecular weight is 636 g/mol. The summed E-state index contributed by atoms with van der Waals surface area (Å²) < 4.78 is 27.9. The number of rotatable bonds is 8. The molecule has 11 heteroatoms. The molecule has 8 nitrogen and oxygen atoms in total. The number of imidazole rings is 1. The fourth-order valence-corrected chi connectivity index (χ4v) is 5.98. The van der Waals surface area contributed by atoms with Crippen molar-refractivity contribution in [1.29, 1.82) is 0 Å². The number of aromatic nitrogens is 4. The molecule has 3 aromatic carbocycles. The molecule has 2 aromatic heterocycles. The van der Waals surface area contributed by atoms with Gasteiger partial charge in [-0.25, -0.2) is 19.2 Å². The molecule has 0 amide bonds. The highest BCUT2D eigenvalue weighted by Gasteiger charge is 2.39. The summed E-state index contributed by atoms with van der Waals surface area (Å²) in [6.07, 6.45) is 2.00. The molecular formula is C33H29Cl2FN4O4. The fourth-order valence-electron chi connectivity index (χ4n) is 5.59. The Hall–Kier alpha value is -4.05. The Morgan fingerprint density at radius 3 is 2.66 bits per heavy atom. The van der Waals surface area contributed by atoms with E-state index in [1.807, 2.05) is 19.1 Å². The number of aromatic carboxylic acids is 1. The molecule has 1 atom stereocenters. The second kappa shape index (κ2) is 11.8. The van der Waals surface area contributed by atoms with E-state index in [1.165, 1.54) is 6.07 Å². The van der Waals surface area contributed by atoms with Crippen molar-refractivity contribution >= 4 is 40.2 Å². The zero-order valence-electron chi connectivity index (χ0n) is 24.3. The van der Waals surface area contributed by atoms with Gasteiger partial charge in [-0.1, -0.05) is 49.2 Å². The molecule has 1 saturated heterocycles. The Balaban J connectivity index is 1.31. The van der Waals surface area contributed by atoms with E-state index in [9.17, 15) is 14.3 Å². The maximum atomic E-state index is 14.2. The largest absolute Gasteiger partial charge is 0.478 e. The predicted molar refractivity (Wildman–Crippen MR) is 166 cm³/mol. The van der Waals surface area contributed by atoms with Crippen LogP contribution in [0.25, 0.3) is 22.3 Å². The first-order valence-electron chi connectivity index (χ1n) is 14.0. The fraction of sp³-hybridized carbons (Fsp3) is 0.273. The van der Waals surface area contributed by atoms with Gasteiger partial charge in [-0.05, 0) is 60.5 Å². The van der Waals surface area contributed by atoms with Crippen molar-refractivity contribution in [3.63, 3.8) is 0 Å². The van der Waals surface area contributed by atoms with Gasteiger partial charge in [0.2, 0.25) is 0 Å². The predicted octanol–water partition coefficient (Wildman–Crippen LogP) is 7.71. The first-order valence-corrected chi connectivity index (χ1v) is 14.8. The summed E-state index contributed by atoms with van der Waals surface area (Å²) in [5, 5.41) is 10.5. The lowest BCUT2D eigenvalue weighted by Crippen LogP contribution is -2.27. The molecule has 6 rings (SSSR count). The smallest absolute Gasteiger partial charge is 0.335 e. The highest BCUT2D eigenvalue weighted by molar-refractivity contribution is 6.31. The van der Waals surface area contributed by atoms with Crippen LogP contribution in [-0.2, 0) is 17.8 Å². The highest BCUT2D eigenvalue weighted by Crippen LogP contribution is 2.41. The van der Waals surface area contributed by atoms with Crippen molar-refractivity contribution in [2.45, 2.75) is 39.8 Å². The molecule has 226 valence electrons. The van der Waals surface area contributed by atoms with Crippen LogP contribution in [0.15, 0.2) is 60.8 Å². The molecule has 1 N–H and O–H groups in total. The molecule has 0 bridgehead atoms. The van der Waals surface area contributed by atoms with Gasteiger partial charge in [-0.15, -0.1) is 0 Å². The van der Waals surface area contributed by atoms with E-state index in [-0.39, 0.29) is 29.6 Å². The summed E-state index contributed by atoms with van der Waals surface area (Å²) in [6.45, 7) is 7.28. The van der Waals surface area contributed by atoms with Gasteiger partial charge in [-0.2, -0.15) is 4.98 Å². The van der Waals surface area contributed by atoms with Crippen LogP contribution in [0.2, 0.25) is 10.0 Å². The molecule has 5 aromatic rings. The van der Waals surface area contributed by atoms with Gasteiger partial charge in [0.1, 0.15) is 18.2 Å². The lowest BCUT2D eigenvalue weighted by molar-refractivity contribution is 0.0697. The third kappa shape index (κ3) is 5.87. The van der Waals surface area contributed by atoms with Crippen molar-refractivity contribution in [1.82, 2.24) is 19.5 Å². The van der Waals surface area contributed by atoms with Crippen LogP contribution in [0.3, 0.4) is 0 Å². The summed E-state index contributed by atoms with van der Waals surface area (Å²) in [7, 11) is 0. The monoisotopic (exact) mass is 634 g/mol. The maximum absolute atomic E-state index is 14.2. The molecule has 3 heterocycles. The number of carbonyl (C=O) groups is 1. The number of fused-ring (bicyclic) bond motifs is 1. The Kier molecular flexibility index (Phi) is 8.04. The van der Waals surface area contributed by atoms with Crippen LogP contribution < -0.4 is 4.74 Å². The van der Waals surface area contributed by atoms with Crippen molar-refractivity contribution in [3.05, 3.63) is 105 Å². The van der Waals surface area contributed by atoms with E-state index < -0.39 is 11.8 Å². The molecule has 1 aliphatic rings. The Morgan fingerprint density at radius 1 is 1.11 bits per heavy atom. The van der Waals surface area contributed by atoms with Crippen LogP contribution in [0, 0.1) is 18.2 Å². The van der Waals surface area contributed by atoms with Crippen LogP contribution in [0.1, 0.15) is 52.8 Å². The molecule has 1 fully saturated rings. The van der Waals surface area contributed by atoms with Crippen LogP contribution in [-0.4, -0.2) is 43.8 Å². The first kappa shape index (κ1) is 30.0. The Bertz CT molecular complexity index is 1910. The molecule has 0 spiro atoms. The van der Waals surface area contributed by atoms with E-state index in [0.717, 1.165) is 28.0 Å². The zero-order valence-corrected chi connectivity index (χ0v) is 25.8. The lowest BCUT2D eigenvalue weighted by atomic mass is 9.87. The molecule has 0 radical (unpaired) electrons. The molecule has 1 unspecified atom stereocenters. The number of halogens is 3. The number of aryl methyl sites for hydroxylation is 1. The topological polar surface area (TPSA) is 99.4 Å². The number of benzene rings is 3. The number of nitrogens with zero attached hydrogens (tertiary/aromatic N) is 4. The van der Waals surface area contributed by atoms with E-state index in [2.05, 4.69) is 28.4 Å². The SMILES string of the molecule is Cc1cc(Cc2nc3ccc(C(=O)O)cc3n2C2COCC2(C)C)c(Cl)cc1-c1ccnc(OCc2ccc(Cl)cc2F)n1. The second-order valence-electron chi connectivity index (χ2n) is 11.6. The van der Waals surface area contributed by atoms with Gasteiger partial charge in [0.25, 0.3) is 0 Å². The summed E-state index contributed by atoms with van der Waals surface area (Å²) >= 11 is 12.7. The Morgan fingerprint density at radius 2 is 1.93 bits per heavy atom. The van der Waals surface area contributed by atoms with E-state index in [0.29, 0.717) is 46.5 Å². The minimum absolute atomic E-state index is 0.0357. The van der Waals surface area contributed by atoms with E-state index in [4.69, 9.17) is 37.7 Å². The van der Waals surface area contributed by atoms with Crippen LogP contribution in [0.5, 0.6) is 6.01 Å². The van der Waals surface area contributed by atoms with E-state index >= 15 is 0 Å². The normalized spacial score (nSPS) is 16.0. The van der Waals surface area contributed by atoms with Gasteiger partial charge in [0.15, 0.2) is 0 Å². The van der Waals surface area contributed by atoms with Crippen LogP contribution in [0.4, 0.5) is 4.39 Å². The molecule has 44 heavy (non-hydrogen) atoms. The van der Waals surface area contributed by atoms with Gasteiger partial charge >= 0.3 is 12.0 Å². The minimum atomic E-state index is -0.993. The molecular weight excluding hydrogens is 606 g/mol. The van der Waals surface area contributed by atoms with Crippen molar-refractivity contribution < 1.29 is 23.8 Å². The average Bonchev–Trinajstić information content (AvgIpc) is 3.51. The second-order valence-corrected chi connectivity index (χ2v) is 12.5. The molecule has 0 saturated carbocycles. The quantitative estimate of drug-likeness (QED) is 0.186. The zero-order chi connectivity index (χ0) is 31.2. The number of hydrogen-bond donors (Lipinski definition) is 1. The first-order chi connectivity index (χ1) is 21.0.